The van der Waals surface area contributed by atoms with E-state index in [9.17, 15) is 9.59 Å². The largest absolute Gasteiger partial charge is 0.497 e. The Kier molecular flexibility index (Phi) is 7.83. The van der Waals surface area contributed by atoms with E-state index in [1.807, 2.05) is 12.1 Å². The van der Waals surface area contributed by atoms with Crippen LogP contribution in [0.25, 0.3) is 0 Å². The van der Waals surface area contributed by atoms with Crippen molar-refractivity contribution in [3.63, 3.8) is 0 Å². The van der Waals surface area contributed by atoms with Gasteiger partial charge in [-0.05, 0) is 53.9 Å². The molecule has 2 amide bonds. The Morgan fingerprint density at radius 1 is 0.929 bits per heavy atom. The van der Waals surface area contributed by atoms with E-state index in [4.69, 9.17) is 14.2 Å². The maximum absolute atomic E-state index is 11.8. The molecule has 2 N–H and O–H groups in total. The molecule has 0 spiro atoms. The lowest BCUT2D eigenvalue weighted by molar-refractivity contribution is -0.139. The molecule has 0 saturated heterocycles. The molecule has 0 heterocycles. The zero-order valence-corrected chi connectivity index (χ0v) is 16.0. The van der Waals surface area contributed by atoms with Gasteiger partial charge in [-0.1, -0.05) is 6.07 Å². The van der Waals surface area contributed by atoms with Crippen LogP contribution < -0.4 is 25.0 Å². The van der Waals surface area contributed by atoms with Gasteiger partial charge in [0.1, 0.15) is 5.75 Å². The van der Waals surface area contributed by atoms with Gasteiger partial charge in [0.15, 0.2) is 11.5 Å². The molecule has 0 radical (unpaired) electrons. The van der Waals surface area contributed by atoms with Gasteiger partial charge in [-0.15, -0.1) is 0 Å². The fourth-order valence-corrected chi connectivity index (χ4v) is 2.34. The number of hydrogen-bond donors (Lipinski definition) is 2. The van der Waals surface area contributed by atoms with Crippen molar-refractivity contribution in [3.8, 4) is 17.2 Å². The predicted octanol–water partition coefficient (Wildman–Crippen LogP) is 1.52. The van der Waals surface area contributed by atoms with Gasteiger partial charge in [-0.25, -0.2) is 5.43 Å². The number of nitrogens with zero attached hydrogens (tertiary/aromatic N) is 1. The summed E-state index contributed by atoms with van der Waals surface area (Å²) in [5.41, 5.74) is 3.89. The Morgan fingerprint density at radius 3 is 2.29 bits per heavy atom. The van der Waals surface area contributed by atoms with Gasteiger partial charge in [0.25, 0.3) is 0 Å². The Balaban J connectivity index is 1.77. The number of nitrogens with one attached hydrogen (secondary N) is 2. The van der Waals surface area contributed by atoms with E-state index in [0.29, 0.717) is 24.5 Å². The summed E-state index contributed by atoms with van der Waals surface area (Å²) in [4.78, 5) is 23.6. The van der Waals surface area contributed by atoms with E-state index in [1.54, 1.807) is 51.7 Å². The lowest BCUT2D eigenvalue weighted by atomic mass is 10.1. The molecule has 0 aliphatic carbocycles. The van der Waals surface area contributed by atoms with Crippen molar-refractivity contribution >= 4 is 18.0 Å². The van der Waals surface area contributed by atoms with Crippen LogP contribution in [0.2, 0.25) is 0 Å². The molecule has 148 valence electrons. The topological polar surface area (TPSA) is 98.2 Å². The summed E-state index contributed by atoms with van der Waals surface area (Å²) in [6.45, 7) is 0.296. The highest BCUT2D eigenvalue weighted by Crippen LogP contribution is 2.27. The summed E-state index contributed by atoms with van der Waals surface area (Å²) >= 11 is 0. The van der Waals surface area contributed by atoms with Crippen LogP contribution in [0.4, 0.5) is 0 Å². The highest BCUT2D eigenvalue weighted by molar-refractivity contribution is 6.35. The minimum absolute atomic E-state index is 0.296. The second-order valence-electron chi connectivity index (χ2n) is 5.67. The number of benzene rings is 2. The SMILES string of the molecule is COc1ccc(/C=N\NC(=O)C(=O)NCCc2ccc(OC)c(OC)c2)cc1. The fourth-order valence-electron chi connectivity index (χ4n) is 2.34. The van der Waals surface area contributed by atoms with Crippen LogP contribution in [0.5, 0.6) is 17.2 Å². The summed E-state index contributed by atoms with van der Waals surface area (Å²) in [6, 6.07) is 12.6. The smallest absolute Gasteiger partial charge is 0.329 e. The van der Waals surface area contributed by atoms with Gasteiger partial charge in [-0.2, -0.15) is 5.10 Å². The summed E-state index contributed by atoms with van der Waals surface area (Å²) in [5, 5.41) is 6.32. The normalized spacial score (nSPS) is 10.4. The fraction of sp³-hybridized carbons (Fsp3) is 0.250. The van der Waals surface area contributed by atoms with Crippen molar-refractivity contribution in [3.05, 3.63) is 53.6 Å². The number of methoxy groups -OCH3 is 3. The second-order valence-corrected chi connectivity index (χ2v) is 5.67. The molecule has 0 atom stereocenters. The molecule has 28 heavy (non-hydrogen) atoms. The number of rotatable bonds is 8. The summed E-state index contributed by atoms with van der Waals surface area (Å²) in [7, 11) is 4.70. The van der Waals surface area contributed by atoms with Crippen LogP contribution >= 0.6 is 0 Å². The van der Waals surface area contributed by atoms with Gasteiger partial charge < -0.3 is 19.5 Å². The molecule has 2 aromatic rings. The van der Waals surface area contributed by atoms with Crippen molar-refractivity contribution in [1.82, 2.24) is 10.7 Å². The Morgan fingerprint density at radius 2 is 1.64 bits per heavy atom. The lowest BCUT2D eigenvalue weighted by Gasteiger charge is -2.10. The van der Waals surface area contributed by atoms with Crippen LogP contribution in [0.3, 0.4) is 0 Å². The van der Waals surface area contributed by atoms with E-state index in [0.717, 1.165) is 16.9 Å². The zero-order chi connectivity index (χ0) is 20.4. The third-order valence-electron chi connectivity index (χ3n) is 3.85. The first-order valence-electron chi connectivity index (χ1n) is 8.53. The molecule has 0 bridgehead atoms. The molecule has 0 saturated carbocycles. The Bertz CT molecular complexity index is 834. The minimum Gasteiger partial charge on any atom is -0.497 e. The molecule has 2 rings (SSSR count). The average molecular weight is 385 g/mol. The molecule has 8 heteroatoms. The minimum atomic E-state index is -0.836. The first-order valence-corrected chi connectivity index (χ1v) is 8.53. The van der Waals surface area contributed by atoms with Gasteiger partial charge in [-0.3, -0.25) is 9.59 Å². The zero-order valence-electron chi connectivity index (χ0n) is 16.0. The van der Waals surface area contributed by atoms with E-state index in [2.05, 4.69) is 15.8 Å². The molecule has 2 aromatic carbocycles. The molecular formula is C20H23N3O5. The van der Waals surface area contributed by atoms with Gasteiger partial charge in [0, 0.05) is 6.54 Å². The van der Waals surface area contributed by atoms with E-state index in [-0.39, 0.29) is 0 Å². The standard InChI is InChI=1S/C20H23N3O5/c1-26-16-7-4-15(5-8-16)13-22-23-20(25)19(24)21-11-10-14-6-9-17(27-2)18(12-14)28-3/h4-9,12-13H,10-11H2,1-3H3,(H,21,24)(H,23,25)/b22-13-. The summed E-state index contributed by atoms with van der Waals surface area (Å²) in [5.74, 6) is 0.362. The molecule has 0 aliphatic heterocycles. The lowest BCUT2D eigenvalue weighted by Crippen LogP contribution is -2.38. The van der Waals surface area contributed by atoms with E-state index >= 15 is 0 Å². The van der Waals surface area contributed by atoms with Gasteiger partial charge in [0.2, 0.25) is 0 Å². The van der Waals surface area contributed by atoms with Crippen molar-refractivity contribution in [2.24, 2.45) is 5.10 Å². The van der Waals surface area contributed by atoms with Crippen LogP contribution in [0.15, 0.2) is 47.6 Å². The molecule has 0 unspecified atom stereocenters. The quantitative estimate of drug-likeness (QED) is 0.408. The number of hydrogen-bond acceptors (Lipinski definition) is 6. The monoisotopic (exact) mass is 385 g/mol. The predicted molar refractivity (Wildman–Crippen MR) is 105 cm³/mol. The molecule has 0 aliphatic rings. The number of hydrazone groups is 1. The summed E-state index contributed by atoms with van der Waals surface area (Å²) < 4.78 is 15.5. The molecule has 0 aromatic heterocycles. The van der Waals surface area contributed by atoms with Crippen molar-refractivity contribution < 1.29 is 23.8 Å². The highest BCUT2D eigenvalue weighted by atomic mass is 16.5. The van der Waals surface area contributed by atoms with Crippen molar-refractivity contribution in [2.45, 2.75) is 6.42 Å². The van der Waals surface area contributed by atoms with Gasteiger partial charge in [0.05, 0.1) is 27.5 Å². The van der Waals surface area contributed by atoms with Crippen LogP contribution in [-0.2, 0) is 16.0 Å². The third kappa shape index (κ3) is 6.01. The van der Waals surface area contributed by atoms with E-state index < -0.39 is 11.8 Å². The highest BCUT2D eigenvalue weighted by Gasteiger charge is 2.12. The van der Waals surface area contributed by atoms with Crippen LogP contribution in [0, 0.1) is 0 Å². The molecule has 8 nitrogen and oxygen atoms in total. The number of amides is 2. The van der Waals surface area contributed by atoms with Crippen LogP contribution in [-0.4, -0.2) is 45.9 Å². The first-order chi connectivity index (χ1) is 13.6. The number of carbonyl (C=O) groups excluding carboxylic acids is 2. The number of carbonyl (C=O) groups is 2. The average Bonchev–Trinajstić information content (AvgIpc) is 2.73. The molecular weight excluding hydrogens is 362 g/mol. The molecule has 0 fully saturated rings. The van der Waals surface area contributed by atoms with Crippen LogP contribution in [0.1, 0.15) is 11.1 Å². The maximum Gasteiger partial charge on any atom is 0.329 e. The first kappa shape index (κ1) is 20.8. The maximum atomic E-state index is 11.8. The Labute approximate surface area is 163 Å². The van der Waals surface area contributed by atoms with Gasteiger partial charge >= 0.3 is 11.8 Å². The van der Waals surface area contributed by atoms with E-state index in [1.165, 1.54) is 6.21 Å². The second kappa shape index (κ2) is 10.6. The summed E-state index contributed by atoms with van der Waals surface area (Å²) in [6.07, 6.45) is 1.97. The third-order valence-corrected chi connectivity index (χ3v) is 3.85. The van der Waals surface area contributed by atoms with Crippen molar-refractivity contribution in [1.29, 1.82) is 0 Å². The van der Waals surface area contributed by atoms with Crippen molar-refractivity contribution in [2.75, 3.05) is 27.9 Å². The number of ether oxygens (including phenoxy) is 3. The Hall–Kier alpha value is -3.55.